The third kappa shape index (κ3) is 4.80. The van der Waals surface area contributed by atoms with E-state index in [9.17, 15) is 10.1 Å². The van der Waals surface area contributed by atoms with Crippen LogP contribution in [0.4, 0.5) is 11.5 Å². The van der Waals surface area contributed by atoms with Gasteiger partial charge in [-0.05, 0) is 81.6 Å². The normalized spacial score (nSPS) is 22.9. The fraction of sp³-hybridized carbons (Fsp3) is 0.514. The lowest BCUT2D eigenvalue weighted by molar-refractivity contribution is -0.128. The van der Waals surface area contributed by atoms with Crippen LogP contribution in [-0.2, 0) is 17.8 Å². The van der Waals surface area contributed by atoms with E-state index in [2.05, 4.69) is 70.7 Å². The average Bonchev–Trinajstić information content (AvgIpc) is 3.53. The summed E-state index contributed by atoms with van der Waals surface area (Å²) in [4.78, 5) is 32.3. The summed E-state index contributed by atoms with van der Waals surface area (Å²) in [6.07, 6.45) is 9.51. The molecule has 1 aliphatic carbocycles. The van der Waals surface area contributed by atoms with E-state index in [0.717, 1.165) is 56.7 Å². The zero-order chi connectivity index (χ0) is 31.5. The first kappa shape index (κ1) is 29.3. The number of rotatable bonds is 7. The van der Waals surface area contributed by atoms with Crippen LogP contribution < -0.4 is 14.5 Å². The molecular formula is C37H43N7O2. The molecule has 1 amide bonds. The topological polar surface area (TPSA) is 88.8 Å². The van der Waals surface area contributed by atoms with Gasteiger partial charge in [0.15, 0.2) is 0 Å². The second kappa shape index (κ2) is 11.3. The van der Waals surface area contributed by atoms with Crippen molar-refractivity contribution in [3.8, 4) is 12.1 Å². The highest BCUT2D eigenvalue weighted by molar-refractivity contribution is 5.97. The van der Waals surface area contributed by atoms with Crippen molar-refractivity contribution >= 4 is 28.2 Å². The number of ether oxygens (including phenoxy) is 1. The van der Waals surface area contributed by atoms with Crippen LogP contribution in [0, 0.1) is 18.3 Å². The van der Waals surface area contributed by atoms with Crippen LogP contribution in [0.2, 0.25) is 0 Å². The molecular weight excluding hydrogens is 574 g/mol. The number of amides is 1. The first-order chi connectivity index (χ1) is 22.4. The van der Waals surface area contributed by atoms with Crippen LogP contribution in [-0.4, -0.2) is 82.1 Å². The van der Waals surface area contributed by atoms with Crippen LogP contribution in [0.15, 0.2) is 49.1 Å². The van der Waals surface area contributed by atoms with Gasteiger partial charge in [-0.2, -0.15) is 15.2 Å². The summed E-state index contributed by atoms with van der Waals surface area (Å²) in [5, 5.41) is 12.2. The van der Waals surface area contributed by atoms with Crippen LogP contribution in [0.25, 0.3) is 10.8 Å². The lowest BCUT2D eigenvalue weighted by Crippen LogP contribution is -2.55. The monoisotopic (exact) mass is 617 g/mol. The second-order valence-electron chi connectivity index (χ2n) is 14.1. The molecule has 1 aromatic heterocycles. The first-order valence-corrected chi connectivity index (χ1v) is 17.0. The number of carbonyl (C=O) groups excluding carboxylic acids is 1. The van der Waals surface area contributed by atoms with Crippen molar-refractivity contribution in [2.24, 2.45) is 0 Å². The highest BCUT2D eigenvalue weighted by Gasteiger charge is 2.53. The highest BCUT2D eigenvalue weighted by atomic mass is 16.5. The van der Waals surface area contributed by atoms with E-state index in [1.807, 2.05) is 0 Å². The molecule has 4 aliphatic heterocycles. The van der Waals surface area contributed by atoms with Gasteiger partial charge in [-0.3, -0.25) is 9.69 Å². The number of benzene rings is 2. The first-order valence-electron chi connectivity index (χ1n) is 17.0. The number of hydrogen-bond acceptors (Lipinski definition) is 8. The van der Waals surface area contributed by atoms with Crippen molar-refractivity contribution in [2.45, 2.75) is 82.0 Å². The van der Waals surface area contributed by atoms with Crippen LogP contribution in [0.3, 0.4) is 0 Å². The Bertz CT molecular complexity index is 1730. The minimum atomic E-state index is -0.225. The predicted octanol–water partition coefficient (Wildman–Crippen LogP) is 5.16. The zero-order valence-corrected chi connectivity index (χ0v) is 26.9. The molecule has 5 heterocycles. The van der Waals surface area contributed by atoms with E-state index in [-0.39, 0.29) is 29.4 Å². The Morgan fingerprint density at radius 1 is 1.09 bits per heavy atom. The molecule has 1 atom stereocenters. The summed E-state index contributed by atoms with van der Waals surface area (Å²) in [5.41, 5.74) is 4.91. The number of hydrogen-bond donors (Lipinski definition) is 0. The fourth-order valence-electron chi connectivity index (χ4n) is 8.93. The molecule has 3 saturated heterocycles. The summed E-state index contributed by atoms with van der Waals surface area (Å²) in [6.45, 7) is 11.2. The molecule has 238 valence electrons. The fourth-order valence-corrected chi connectivity index (χ4v) is 8.93. The second-order valence-corrected chi connectivity index (χ2v) is 14.1. The number of nitriles is 1. The van der Waals surface area contributed by atoms with Crippen LogP contribution in [0.5, 0.6) is 6.01 Å². The van der Waals surface area contributed by atoms with Crippen molar-refractivity contribution in [3.05, 3.63) is 65.9 Å². The van der Waals surface area contributed by atoms with Gasteiger partial charge < -0.3 is 19.4 Å². The van der Waals surface area contributed by atoms with E-state index in [4.69, 9.17) is 14.7 Å². The molecule has 8 rings (SSSR count). The molecule has 2 aromatic carbocycles. The minimum Gasteiger partial charge on any atom is -0.461 e. The molecule has 0 N–H and O–H groups in total. The summed E-state index contributed by atoms with van der Waals surface area (Å²) < 4.78 is 6.60. The number of aryl methyl sites for hydroxylation is 1. The Kier molecular flexibility index (Phi) is 7.17. The number of fused-ring (bicyclic) bond motifs is 3. The van der Waals surface area contributed by atoms with Crippen molar-refractivity contribution in [1.82, 2.24) is 19.8 Å². The molecule has 1 spiro atoms. The Balaban J connectivity index is 1.18. The van der Waals surface area contributed by atoms with E-state index < -0.39 is 0 Å². The highest BCUT2D eigenvalue weighted by Crippen LogP contribution is 2.53. The predicted molar refractivity (Wildman–Crippen MR) is 179 cm³/mol. The smallest absolute Gasteiger partial charge is 0.318 e. The largest absolute Gasteiger partial charge is 0.461 e. The Hall–Kier alpha value is -4.16. The Labute approximate surface area is 271 Å². The average molecular weight is 618 g/mol. The van der Waals surface area contributed by atoms with E-state index >= 15 is 0 Å². The SMILES string of the molecule is C=CC(=O)N1CCN(c2nc(OCC34CCCN3CCC4)nc3c2CC2(CC2)N(c2cccc4cccc(C)c24)C3)C[C@@H]1CC#N. The lowest BCUT2D eigenvalue weighted by Gasteiger charge is -2.44. The molecule has 9 heteroatoms. The minimum absolute atomic E-state index is 0.0316. The lowest BCUT2D eigenvalue weighted by atomic mass is 9.92. The van der Waals surface area contributed by atoms with Gasteiger partial charge in [0.05, 0.1) is 36.3 Å². The Morgan fingerprint density at radius 2 is 1.87 bits per heavy atom. The van der Waals surface area contributed by atoms with E-state index in [1.54, 1.807) is 4.90 Å². The zero-order valence-electron chi connectivity index (χ0n) is 26.9. The van der Waals surface area contributed by atoms with Crippen LogP contribution >= 0.6 is 0 Å². The van der Waals surface area contributed by atoms with Gasteiger partial charge in [-0.25, -0.2) is 0 Å². The molecule has 0 unspecified atom stereocenters. The summed E-state index contributed by atoms with van der Waals surface area (Å²) in [7, 11) is 0. The number of carbonyl (C=O) groups is 1. The van der Waals surface area contributed by atoms with Gasteiger partial charge in [0, 0.05) is 48.2 Å². The van der Waals surface area contributed by atoms with Gasteiger partial charge in [0.25, 0.3) is 0 Å². The van der Waals surface area contributed by atoms with Gasteiger partial charge >= 0.3 is 6.01 Å². The number of anilines is 2. The molecule has 0 bridgehead atoms. The molecule has 4 fully saturated rings. The maximum Gasteiger partial charge on any atom is 0.318 e. The van der Waals surface area contributed by atoms with Gasteiger partial charge in [-0.15, -0.1) is 0 Å². The van der Waals surface area contributed by atoms with E-state index in [0.29, 0.717) is 38.8 Å². The number of piperazine rings is 1. The summed E-state index contributed by atoms with van der Waals surface area (Å²) >= 11 is 0. The number of nitrogens with zero attached hydrogens (tertiary/aromatic N) is 7. The van der Waals surface area contributed by atoms with Gasteiger partial charge in [0.2, 0.25) is 5.91 Å². The maximum absolute atomic E-state index is 12.7. The molecule has 5 aliphatic rings. The van der Waals surface area contributed by atoms with Gasteiger partial charge in [0.1, 0.15) is 12.4 Å². The standard InChI is InChI=1S/C37H43N7O2/c1-3-32(45)43-21-20-41(23-28(43)12-17-38)34-29-22-36(15-16-36)44(31-11-5-10-27-9-4-8-26(2)33(27)31)24-30(29)39-35(40-34)46-25-37-13-6-18-42(37)19-7-14-37/h3-5,8-11,28H,1,6-7,12-16,18-25H2,2H3/t28-/m0/s1. The molecule has 46 heavy (non-hydrogen) atoms. The molecule has 1 saturated carbocycles. The van der Waals surface area contributed by atoms with Crippen LogP contribution in [0.1, 0.15) is 61.8 Å². The van der Waals surface area contributed by atoms with Crippen molar-refractivity contribution in [2.75, 3.05) is 49.1 Å². The van der Waals surface area contributed by atoms with Crippen molar-refractivity contribution in [1.29, 1.82) is 5.26 Å². The summed E-state index contributed by atoms with van der Waals surface area (Å²) in [6, 6.07) is 15.7. The third-order valence-electron chi connectivity index (χ3n) is 11.5. The molecule has 3 aromatic rings. The molecule has 9 nitrogen and oxygen atoms in total. The third-order valence-corrected chi connectivity index (χ3v) is 11.5. The van der Waals surface area contributed by atoms with Gasteiger partial charge in [-0.1, -0.05) is 36.9 Å². The quantitative estimate of drug-likeness (QED) is 0.336. The maximum atomic E-state index is 12.7. The van der Waals surface area contributed by atoms with Crippen molar-refractivity contribution < 1.29 is 9.53 Å². The Morgan fingerprint density at radius 3 is 2.61 bits per heavy atom. The molecule has 0 radical (unpaired) electrons. The van der Waals surface area contributed by atoms with Crippen molar-refractivity contribution in [3.63, 3.8) is 0 Å². The van der Waals surface area contributed by atoms with E-state index in [1.165, 1.54) is 46.5 Å². The summed E-state index contributed by atoms with van der Waals surface area (Å²) in [5.74, 6) is 0.796. The number of aromatic nitrogens is 2.